The zero-order chi connectivity index (χ0) is 20.5. The minimum absolute atomic E-state index is 0.197. The van der Waals surface area contributed by atoms with Gasteiger partial charge in [-0.2, -0.15) is 0 Å². The van der Waals surface area contributed by atoms with Crippen LogP contribution in [-0.4, -0.2) is 30.2 Å². The van der Waals surface area contributed by atoms with Gasteiger partial charge in [-0.3, -0.25) is 14.4 Å². The van der Waals surface area contributed by atoms with Gasteiger partial charge in [-0.25, -0.2) is 9.69 Å². The SMILES string of the molecule is O=C(OCC(=O)c1ccc(Cl)s1)c1ccc(N2C(=O)c3ccccc3C2=O)cc1. The standard InChI is InChI=1S/C21H12ClNO5S/c22-18-10-9-17(29-18)16(24)11-28-21(27)12-5-7-13(8-6-12)23-19(25)14-3-1-2-4-15(14)20(23)26/h1-10H,11H2. The number of amides is 2. The Hall–Kier alpha value is -3.29. The molecule has 0 fully saturated rings. The van der Waals surface area contributed by atoms with E-state index in [-0.39, 0.29) is 11.3 Å². The molecule has 8 heteroatoms. The summed E-state index contributed by atoms with van der Waals surface area (Å²) in [5, 5.41) is 0. The maximum absolute atomic E-state index is 12.5. The minimum atomic E-state index is -0.685. The first-order valence-electron chi connectivity index (χ1n) is 8.49. The topological polar surface area (TPSA) is 80.8 Å². The highest BCUT2D eigenvalue weighted by Crippen LogP contribution is 2.28. The Bertz CT molecular complexity index is 1120. The number of thiophene rings is 1. The molecule has 1 aliphatic rings. The fourth-order valence-electron chi connectivity index (χ4n) is 2.92. The maximum Gasteiger partial charge on any atom is 0.338 e. The average Bonchev–Trinajstić information content (AvgIpc) is 3.28. The van der Waals surface area contributed by atoms with Crippen molar-refractivity contribution in [3.8, 4) is 0 Å². The van der Waals surface area contributed by atoms with Crippen molar-refractivity contribution in [2.24, 2.45) is 0 Å². The molecule has 2 heterocycles. The van der Waals surface area contributed by atoms with Crippen molar-refractivity contribution in [3.63, 3.8) is 0 Å². The molecule has 2 amide bonds. The number of nitrogens with zero attached hydrogens (tertiary/aromatic N) is 1. The predicted molar refractivity (Wildman–Crippen MR) is 108 cm³/mol. The summed E-state index contributed by atoms with van der Waals surface area (Å²) in [7, 11) is 0. The van der Waals surface area contributed by atoms with Crippen molar-refractivity contribution in [2.75, 3.05) is 11.5 Å². The second-order valence-corrected chi connectivity index (χ2v) is 7.86. The van der Waals surface area contributed by atoms with Crippen LogP contribution in [0.1, 0.15) is 40.7 Å². The van der Waals surface area contributed by atoms with Crippen LogP contribution in [0.2, 0.25) is 4.34 Å². The van der Waals surface area contributed by atoms with E-state index in [1.165, 1.54) is 24.3 Å². The van der Waals surface area contributed by atoms with Crippen LogP contribution in [0.4, 0.5) is 5.69 Å². The van der Waals surface area contributed by atoms with Crippen LogP contribution < -0.4 is 4.90 Å². The number of fused-ring (bicyclic) bond motifs is 1. The highest BCUT2D eigenvalue weighted by atomic mass is 35.5. The number of carbonyl (C=O) groups excluding carboxylic acids is 4. The van der Waals surface area contributed by atoms with Gasteiger partial charge in [0.25, 0.3) is 11.8 Å². The number of anilines is 1. The summed E-state index contributed by atoms with van der Waals surface area (Å²) < 4.78 is 5.51. The third-order valence-electron chi connectivity index (χ3n) is 4.34. The van der Waals surface area contributed by atoms with Gasteiger partial charge in [0.15, 0.2) is 6.61 Å². The summed E-state index contributed by atoms with van der Waals surface area (Å²) >= 11 is 6.90. The zero-order valence-corrected chi connectivity index (χ0v) is 16.3. The molecule has 0 radical (unpaired) electrons. The van der Waals surface area contributed by atoms with Crippen LogP contribution in [0.5, 0.6) is 0 Å². The molecule has 144 valence electrons. The van der Waals surface area contributed by atoms with Crippen molar-refractivity contribution >= 4 is 52.2 Å². The van der Waals surface area contributed by atoms with Gasteiger partial charge in [-0.05, 0) is 48.5 Å². The van der Waals surface area contributed by atoms with Crippen molar-refractivity contribution in [1.82, 2.24) is 0 Å². The van der Waals surface area contributed by atoms with Gasteiger partial charge < -0.3 is 4.74 Å². The molecule has 29 heavy (non-hydrogen) atoms. The van der Waals surface area contributed by atoms with E-state index in [0.717, 1.165) is 16.2 Å². The summed E-state index contributed by atoms with van der Waals surface area (Å²) in [6.07, 6.45) is 0. The molecule has 0 bridgehead atoms. The monoisotopic (exact) mass is 425 g/mol. The maximum atomic E-state index is 12.5. The summed E-state index contributed by atoms with van der Waals surface area (Å²) in [4.78, 5) is 50.7. The lowest BCUT2D eigenvalue weighted by Crippen LogP contribution is -2.29. The van der Waals surface area contributed by atoms with E-state index in [4.69, 9.17) is 16.3 Å². The summed E-state index contributed by atoms with van der Waals surface area (Å²) in [5.41, 5.74) is 1.22. The molecule has 0 spiro atoms. The Morgan fingerprint density at radius 2 is 1.52 bits per heavy atom. The number of rotatable bonds is 5. The Morgan fingerprint density at radius 3 is 2.07 bits per heavy atom. The first kappa shape index (κ1) is 19.0. The van der Waals surface area contributed by atoms with Crippen LogP contribution in [0.25, 0.3) is 0 Å². The Labute approximate surface area is 174 Å². The first-order chi connectivity index (χ1) is 14.0. The number of esters is 1. The van der Waals surface area contributed by atoms with E-state index in [9.17, 15) is 19.2 Å². The molecular weight excluding hydrogens is 414 g/mol. The number of carbonyl (C=O) groups is 4. The fourth-order valence-corrected chi connectivity index (χ4v) is 3.89. The number of halogens is 1. The van der Waals surface area contributed by atoms with Gasteiger partial charge in [0, 0.05) is 0 Å². The van der Waals surface area contributed by atoms with E-state index in [2.05, 4.69) is 0 Å². The highest BCUT2D eigenvalue weighted by molar-refractivity contribution is 7.18. The van der Waals surface area contributed by atoms with Crippen molar-refractivity contribution < 1.29 is 23.9 Å². The van der Waals surface area contributed by atoms with Crippen LogP contribution >= 0.6 is 22.9 Å². The van der Waals surface area contributed by atoms with E-state index in [0.29, 0.717) is 26.0 Å². The molecule has 6 nitrogen and oxygen atoms in total. The van der Waals surface area contributed by atoms with E-state index in [1.807, 2.05) is 0 Å². The van der Waals surface area contributed by atoms with E-state index in [1.54, 1.807) is 36.4 Å². The molecule has 2 aromatic carbocycles. The lowest BCUT2D eigenvalue weighted by molar-refractivity contribution is 0.0476. The molecule has 1 aromatic heterocycles. The zero-order valence-electron chi connectivity index (χ0n) is 14.8. The first-order valence-corrected chi connectivity index (χ1v) is 9.68. The quantitative estimate of drug-likeness (QED) is 0.347. The van der Waals surface area contributed by atoms with Gasteiger partial charge >= 0.3 is 5.97 Å². The average molecular weight is 426 g/mol. The van der Waals surface area contributed by atoms with Gasteiger partial charge in [0.2, 0.25) is 5.78 Å². The fraction of sp³-hybridized carbons (Fsp3) is 0.0476. The molecule has 4 rings (SSSR count). The predicted octanol–water partition coefficient (Wildman–Crippen LogP) is 4.24. The Kier molecular flexibility index (Phi) is 5.00. The second-order valence-electron chi connectivity index (χ2n) is 6.14. The molecule has 1 aliphatic heterocycles. The number of hydrogen-bond acceptors (Lipinski definition) is 6. The number of Topliss-reactive ketones (excluding diaryl/α,β-unsaturated/α-hetero) is 1. The lowest BCUT2D eigenvalue weighted by atomic mass is 10.1. The molecule has 0 saturated carbocycles. The largest absolute Gasteiger partial charge is 0.454 e. The van der Waals surface area contributed by atoms with Gasteiger partial charge in [-0.1, -0.05) is 23.7 Å². The van der Waals surface area contributed by atoms with E-state index >= 15 is 0 Å². The third kappa shape index (κ3) is 3.57. The smallest absolute Gasteiger partial charge is 0.338 e. The van der Waals surface area contributed by atoms with Gasteiger partial charge in [-0.15, -0.1) is 11.3 Å². The van der Waals surface area contributed by atoms with Crippen LogP contribution in [0, 0.1) is 0 Å². The normalized spacial score (nSPS) is 12.8. The number of hydrogen-bond donors (Lipinski definition) is 0. The number of ketones is 1. The summed E-state index contributed by atoms with van der Waals surface area (Å²) in [5.74, 6) is -1.87. The highest BCUT2D eigenvalue weighted by Gasteiger charge is 2.36. The molecule has 0 N–H and O–H groups in total. The molecule has 0 aliphatic carbocycles. The number of ether oxygens (including phenoxy) is 1. The molecule has 0 atom stereocenters. The van der Waals surface area contributed by atoms with Crippen LogP contribution in [-0.2, 0) is 4.74 Å². The van der Waals surface area contributed by atoms with Crippen molar-refractivity contribution in [1.29, 1.82) is 0 Å². The van der Waals surface area contributed by atoms with Gasteiger partial charge in [0.1, 0.15) is 0 Å². The molecule has 0 saturated heterocycles. The second kappa shape index (κ2) is 7.62. The molecule has 0 unspecified atom stereocenters. The van der Waals surface area contributed by atoms with Crippen LogP contribution in [0.15, 0.2) is 60.7 Å². The summed E-state index contributed by atoms with van der Waals surface area (Å²) in [6.45, 7) is -0.407. The summed E-state index contributed by atoms with van der Waals surface area (Å²) in [6, 6.07) is 15.6. The third-order valence-corrected chi connectivity index (χ3v) is 5.61. The van der Waals surface area contributed by atoms with Crippen molar-refractivity contribution in [2.45, 2.75) is 0 Å². The Balaban J connectivity index is 1.44. The van der Waals surface area contributed by atoms with Gasteiger partial charge in [0.05, 0.1) is 31.6 Å². The minimum Gasteiger partial charge on any atom is -0.454 e. The lowest BCUT2D eigenvalue weighted by Gasteiger charge is -2.14. The Morgan fingerprint density at radius 1 is 0.897 bits per heavy atom. The van der Waals surface area contributed by atoms with E-state index < -0.39 is 24.4 Å². The number of benzene rings is 2. The molecule has 3 aromatic rings. The van der Waals surface area contributed by atoms with Crippen LogP contribution in [0.3, 0.4) is 0 Å². The van der Waals surface area contributed by atoms with Crippen molar-refractivity contribution in [3.05, 3.63) is 86.6 Å². The molecular formula is C21H12ClNO5S. The number of imide groups is 1.